The fraction of sp³-hybridized carbons (Fsp3) is 0.400. The summed E-state index contributed by atoms with van der Waals surface area (Å²) in [5, 5.41) is 16.0. The number of aryl methyl sites for hydroxylation is 1. The summed E-state index contributed by atoms with van der Waals surface area (Å²) >= 11 is 0. The SMILES string of the molecule is Cc1cc2c(NC3CCCOC3)ccc([N+](=O)[O-])c2cn1. The van der Waals surface area contributed by atoms with E-state index in [9.17, 15) is 10.1 Å². The van der Waals surface area contributed by atoms with Gasteiger partial charge < -0.3 is 10.1 Å². The van der Waals surface area contributed by atoms with Crippen molar-refractivity contribution < 1.29 is 9.66 Å². The van der Waals surface area contributed by atoms with E-state index in [4.69, 9.17) is 4.74 Å². The highest BCUT2D eigenvalue weighted by Crippen LogP contribution is 2.32. The fourth-order valence-electron chi connectivity index (χ4n) is 2.69. The van der Waals surface area contributed by atoms with Crippen molar-refractivity contribution in [3.63, 3.8) is 0 Å². The van der Waals surface area contributed by atoms with Gasteiger partial charge in [-0.25, -0.2) is 0 Å². The first kappa shape index (κ1) is 13.8. The Balaban J connectivity index is 2.03. The average Bonchev–Trinajstić information content (AvgIpc) is 2.48. The minimum absolute atomic E-state index is 0.0861. The maximum absolute atomic E-state index is 11.1. The molecule has 0 saturated carbocycles. The van der Waals surface area contributed by atoms with Crippen LogP contribution in [-0.2, 0) is 4.74 Å². The molecule has 2 heterocycles. The maximum atomic E-state index is 11.1. The molecule has 0 amide bonds. The standard InChI is InChI=1S/C15H17N3O3/c1-10-7-12-13(8-16-10)15(18(19)20)5-4-14(12)17-11-3-2-6-21-9-11/h4-5,7-8,11,17H,2-3,6,9H2,1H3. The lowest BCUT2D eigenvalue weighted by atomic mass is 10.1. The molecule has 0 spiro atoms. The molecule has 1 aliphatic rings. The first-order valence-corrected chi connectivity index (χ1v) is 7.03. The van der Waals surface area contributed by atoms with Crippen molar-refractivity contribution >= 4 is 22.1 Å². The van der Waals surface area contributed by atoms with Crippen LogP contribution in [-0.4, -0.2) is 29.2 Å². The van der Waals surface area contributed by atoms with Gasteiger partial charge in [-0.15, -0.1) is 0 Å². The number of pyridine rings is 1. The zero-order chi connectivity index (χ0) is 14.8. The highest BCUT2D eigenvalue weighted by Gasteiger charge is 2.18. The van der Waals surface area contributed by atoms with Gasteiger partial charge >= 0.3 is 0 Å². The Morgan fingerprint density at radius 3 is 3.00 bits per heavy atom. The van der Waals surface area contributed by atoms with Gasteiger partial charge in [-0.1, -0.05) is 0 Å². The van der Waals surface area contributed by atoms with E-state index < -0.39 is 0 Å². The van der Waals surface area contributed by atoms with Crippen LogP contribution in [0, 0.1) is 17.0 Å². The third-order valence-electron chi connectivity index (χ3n) is 3.73. The van der Waals surface area contributed by atoms with Crippen LogP contribution in [0.3, 0.4) is 0 Å². The Labute approximate surface area is 122 Å². The van der Waals surface area contributed by atoms with Crippen molar-refractivity contribution in [1.82, 2.24) is 4.98 Å². The normalized spacial score (nSPS) is 18.6. The number of rotatable bonds is 3. The zero-order valence-corrected chi connectivity index (χ0v) is 11.8. The Bertz CT molecular complexity index is 681. The minimum atomic E-state index is -0.368. The molecule has 21 heavy (non-hydrogen) atoms. The molecule has 0 radical (unpaired) electrons. The van der Waals surface area contributed by atoms with Gasteiger partial charge in [0.25, 0.3) is 5.69 Å². The lowest BCUT2D eigenvalue weighted by Gasteiger charge is -2.24. The van der Waals surface area contributed by atoms with Crippen molar-refractivity contribution in [2.45, 2.75) is 25.8 Å². The number of nitrogens with one attached hydrogen (secondary N) is 1. The van der Waals surface area contributed by atoms with Crippen molar-refractivity contribution in [2.24, 2.45) is 0 Å². The molecule has 6 nitrogen and oxygen atoms in total. The van der Waals surface area contributed by atoms with Gasteiger partial charge in [-0.3, -0.25) is 15.1 Å². The van der Waals surface area contributed by atoms with Gasteiger partial charge in [0.05, 0.1) is 16.9 Å². The summed E-state index contributed by atoms with van der Waals surface area (Å²) in [6, 6.07) is 5.44. The summed E-state index contributed by atoms with van der Waals surface area (Å²) in [6.45, 7) is 3.36. The summed E-state index contributed by atoms with van der Waals surface area (Å²) in [5.41, 5.74) is 1.82. The molecule has 1 aromatic heterocycles. The third-order valence-corrected chi connectivity index (χ3v) is 3.73. The molecule has 3 rings (SSSR count). The van der Waals surface area contributed by atoms with E-state index >= 15 is 0 Å². The topological polar surface area (TPSA) is 77.3 Å². The van der Waals surface area contributed by atoms with Crippen molar-refractivity contribution in [1.29, 1.82) is 0 Å². The summed E-state index contributed by atoms with van der Waals surface area (Å²) in [7, 11) is 0. The van der Waals surface area contributed by atoms with E-state index in [1.807, 2.05) is 13.0 Å². The molecule has 1 aromatic carbocycles. The van der Waals surface area contributed by atoms with Gasteiger partial charge in [0.1, 0.15) is 0 Å². The first-order valence-electron chi connectivity index (χ1n) is 7.03. The number of hydrogen-bond donors (Lipinski definition) is 1. The van der Waals surface area contributed by atoms with Crippen LogP contribution in [0.5, 0.6) is 0 Å². The summed E-state index contributed by atoms with van der Waals surface area (Å²) in [4.78, 5) is 15.0. The van der Waals surface area contributed by atoms with E-state index in [0.29, 0.717) is 12.0 Å². The monoisotopic (exact) mass is 287 g/mol. The number of anilines is 1. The molecular formula is C15H17N3O3. The van der Waals surface area contributed by atoms with Crippen LogP contribution in [0.1, 0.15) is 18.5 Å². The van der Waals surface area contributed by atoms with Crippen LogP contribution in [0.15, 0.2) is 24.4 Å². The van der Waals surface area contributed by atoms with Crippen LogP contribution in [0.4, 0.5) is 11.4 Å². The van der Waals surface area contributed by atoms with Gasteiger partial charge in [0.15, 0.2) is 0 Å². The largest absolute Gasteiger partial charge is 0.379 e. The number of nitro benzene ring substituents is 1. The number of hydrogen-bond acceptors (Lipinski definition) is 5. The van der Waals surface area contributed by atoms with Crippen molar-refractivity contribution in [3.8, 4) is 0 Å². The summed E-state index contributed by atoms with van der Waals surface area (Å²) in [6.07, 6.45) is 3.65. The van der Waals surface area contributed by atoms with Gasteiger partial charge in [0, 0.05) is 41.7 Å². The lowest BCUT2D eigenvalue weighted by Crippen LogP contribution is -2.30. The second-order valence-electron chi connectivity index (χ2n) is 5.32. The molecule has 1 saturated heterocycles. The fourth-order valence-corrected chi connectivity index (χ4v) is 2.69. The van der Waals surface area contributed by atoms with Crippen LogP contribution < -0.4 is 5.32 Å². The molecule has 1 aliphatic heterocycles. The molecule has 1 unspecified atom stereocenters. The lowest BCUT2D eigenvalue weighted by molar-refractivity contribution is -0.383. The number of fused-ring (bicyclic) bond motifs is 1. The zero-order valence-electron chi connectivity index (χ0n) is 11.8. The highest BCUT2D eigenvalue weighted by molar-refractivity contribution is 5.99. The Morgan fingerprint density at radius 1 is 1.43 bits per heavy atom. The smallest absolute Gasteiger partial charge is 0.278 e. The average molecular weight is 287 g/mol. The van der Waals surface area contributed by atoms with E-state index in [1.165, 1.54) is 6.07 Å². The second-order valence-corrected chi connectivity index (χ2v) is 5.32. The molecule has 0 aliphatic carbocycles. The Morgan fingerprint density at radius 2 is 2.29 bits per heavy atom. The van der Waals surface area contributed by atoms with Gasteiger partial charge in [-0.05, 0) is 31.9 Å². The van der Waals surface area contributed by atoms with E-state index in [1.54, 1.807) is 12.3 Å². The molecule has 1 fully saturated rings. The minimum Gasteiger partial charge on any atom is -0.379 e. The summed E-state index contributed by atoms with van der Waals surface area (Å²) < 4.78 is 5.47. The predicted octanol–water partition coefficient (Wildman–Crippen LogP) is 3.04. The number of benzene rings is 1. The predicted molar refractivity (Wildman–Crippen MR) is 80.6 cm³/mol. The van der Waals surface area contributed by atoms with Crippen molar-refractivity contribution in [3.05, 3.63) is 40.2 Å². The van der Waals surface area contributed by atoms with E-state index in [-0.39, 0.29) is 16.7 Å². The molecule has 110 valence electrons. The number of nitro groups is 1. The van der Waals surface area contributed by atoms with Crippen molar-refractivity contribution in [2.75, 3.05) is 18.5 Å². The summed E-state index contributed by atoms with van der Waals surface area (Å²) in [5.74, 6) is 0. The third kappa shape index (κ3) is 2.80. The van der Waals surface area contributed by atoms with E-state index in [2.05, 4.69) is 10.3 Å². The number of aromatic nitrogens is 1. The Kier molecular flexibility index (Phi) is 3.70. The highest BCUT2D eigenvalue weighted by atomic mass is 16.6. The molecule has 6 heteroatoms. The molecule has 0 bridgehead atoms. The van der Waals surface area contributed by atoms with E-state index in [0.717, 1.165) is 36.2 Å². The van der Waals surface area contributed by atoms with Gasteiger partial charge in [0.2, 0.25) is 0 Å². The Hall–Kier alpha value is -2.21. The number of ether oxygens (including phenoxy) is 1. The molecule has 2 aromatic rings. The molecule has 1 N–H and O–H groups in total. The van der Waals surface area contributed by atoms with Crippen LogP contribution >= 0.6 is 0 Å². The molecular weight excluding hydrogens is 270 g/mol. The quantitative estimate of drug-likeness (QED) is 0.693. The first-order chi connectivity index (χ1) is 10.1. The van der Waals surface area contributed by atoms with Gasteiger partial charge in [-0.2, -0.15) is 0 Å². The van der Waals surface area contributed by atoms with Crippen LogP contribution in [0.25, 0.3) is 10.8 Å². The number of non-ortho nitro benzene ring substituents is 1. The maximum Gasteiger partial charge on any atom is 0.278 e. The second kappa shape index (κ2) is 5.65. The molecule has 1 atom stereocenters. The number of nitrogens with zero attached hydrogens (tertiary/aromatic N) is 2. The van der Waals surface area contributed by atoms with Crippen LogP contribution in [0.2, 0.25) is 0 Å².